The number of anilines is 1. The summed E-state index contributed by atoms with van der Waals surface area (Å²) in [6, 6.07) is 1.37. The van der Waals surface area contributed by atoms with E-state index in [1.807, 2.05) is 5.32 Å². The molecule has 0 radical (unpaired) electrons. The van der Waals surface area contributed by atoms with Gasteiger partial charge >= 0.3 is 53.9 Å². The van der Waals surface area contributed by atoms with Crippen LogP contribution in [-0.4, -0.2) is 185 Å². The van der Waals surface area contributed by atoms with Gasteiger partial charge in [-0.2, -0.15) is 0 Å². The molecule has 28 nitrogen and oxygen atoms in total. The van der Waals surface area contributed by atoms with E-state index in [0.29, 0.717) is 16.9 Å². The Balaban J connectivity index is 1.34. The zero-order chi connectivity index (χ0) is 54.5. The van der Waals surface area contributed by atoms with Gasteiger partial charge in [0.2, 0.25) is 0 Å². The summed E-state index contributed by atoms with van der Waals surface area (Å²) in [4.78, 5) is 137. The number of nitrogens with zero attached hydrogens (tertiary/aromatic N) is 5. The molecule has 12 N–H and O–H groups in total. The molecule has 1 aromatic heterocycles. The van der Waals surface area contributed by atoms with Crippen LogP contribution < -0.4 is 31.9 Å². The van der Waals surface area contributed by atoms with E-state index in [4.69, 9.17) is 10.2 Å². The van der Waals surface area contributed by atoms with Crippen molar-refractivity contribution in [3.8, 4) is 5.69 Å². The predicted octanol–water partition coefficient (Wildman–Crippen LogP) is 0.743. The van der Waals surface area contributed by atoms with E-state index in [1.54, 1.807) is 0 Å². The number of rotatable bonds is 28. The van der Waals surface area contributed by atoms with Gasteiger partial charge in [0.05, 0.1) is 24.3 Å². The van der Waals surface area contributed by atoms with Gasteiger partial charge in [-0.3, -0.25) is 23.6 Å². The molecule has 8 amide bonds. The first-order chi connectivity index (χ1) is 35.1. The molecular formula is C45H56FN11O17. The van der Waals surface area contributed by atoms with Crippen molar-refractivity contribution in [3.63, 3.8) is 0 Å². The molecule has 0 bridgehead atoms. The Morgan fingerprint density at radius 3 is 1.65 bits per heavy atom. The van der Waals surface area contributed by atoms with Crippen molar-refractivity contribution in [2.75, 3.05) is 44.7 Å². The number of aryl methyl sites for hydroxylation is 1. The Morgan fingerprint density at radius 1 is 0.608 bits per heavy atom. The number of amides is 8. The number of carboxylic acid groups (broad SMARTS) is 6. The second kappa shape index (κ2) is 28.2. The van der Waals surface area contributed by atoms with Crippen molar-refractivity contribution in [2.24, 2.45) is 0 Å². The first-order valence-electron chi connectivity index (χ1n) is 23.0. The number of halogens is 1. The summed E-state index contributed by atoms with van der Waals surface area (Å²) in [5.74, 6) is -9.56. The van der Waals surface area contributed by atoms with E-state index >= 15 is 0 Å². The average Bonchev–Trinajstić information content (AvgIpc) is 3.84. The third-order valence-electron chi connectivity index (χ3n) is 11.2. The molecule has 2 unspecified atom stereocenters. The molecule has 1 saturated heterocycles. The summed E-state index contributed by atoms with van der Waals surface area (Å²) >= 11 is 0. The molecule has 2 aromatic carbocycles. The van der Waals surface area contributed by atoms with Crippen molar-refractivity contribution < 1.29 is 87.8 Å². The summed E-state index contributed by atoms with van der Waals surface area (Å²) < 4.78 is 14.2. The van der Waals surface area contributed by atoms with Crippen LogP contribution in [0.1, 0.15) is 83.3 Å². The molecule has 74 heavy (non-hydrogen) atoms. The second-order valence-electron chi connectivity index (χ2n) is 16.7. The van der Waals surface area contributed by atoms with Crippen LogP contribution in [-0.2, 0) is 41.6 Å². The second-order valence-corrected chi connectivity index (χ2v) is 16.7. The molecule has 1 fully saturated rings. The van der Waals surface area contributed by atoms with Crippen molar-refractivity contribution in [2.45, 2.75) is 88.4 Å². The van der Waals surface area contributed by atoms with E-state index in [1.165, 1.54) is 63.1 Å². The number of nitrogens with one attached hydrogen (secondary N) is 6. The summed E-state index contributed by atoms with van der Waals surface area (Å²) in [7, 11) is 0. The summed E-state index contributed by atoms with van der Waals surface area (Å²) in [6.45, 7) is -0.221. The van der Waals surface area contributed by atoms with Gasteiger partial charge in [0.1, 0.15) is 24.2 Å². The van der Waals surface area contributed by atoms with Gasteiger partial charge in [-0.25, -0.2) is 38.2 Å². The first kappa shape index (κ1) is 57.7. The largest absolute Gasteiger partial charge is 0.481 e. The van der Waals surface area contributed by atoms with Gasteiger partial charge in [-0.1, -0.05) is 17.3 Å². The molecule has 2 heterocycles. The standard InChI is InChI=1S/C45H56FN11O17/c46-14-3-4-29-24-57(54-53-29)30-22-26(37(62)47-15-2-1-5-31(39(64)65)49-43(72)50-32(40(66)67)10-12-35(58)59)21-27(23-30)38(63)55-16-18-56(19-17-55)45(74)48-28-8-6-25(7-9-28)20-34(42(70)71)52-44(73)51-33(41(68)69)11-13-36(60)61/h6-9,21-24,31-34H,1-5,10-20H2,(H,47,62)(H,48,74)(H,58,59)(H,60,61)(H,64,65)(H,66,67)(H,68,69)(H,70,71)(H2,49,50,72)(H2,51,52,73)/t31?,32-,33?,34-/m0/s1. The van der Waals surface area contributed by atoms with Gasteiger partial charge in [-0.15, -0.1) is 5.10 Å². The minimum atomic E-state index is -1.58. The van der Waals surface area contributed by atoms with Crippen LogP contribution in [0.2, 0.25) is 0 Å². The monoisotopic (exact) mass is 1040 g/mol. The number of hydrogen-bond acceptors (Lipinski definition) is 13. The number of urea groups is 3. The topological polar surface area (TPSA) is 419 Å². The van der Waals surface area contributed by atoms with Crippen LogP contribution in [0, 0.1) is 0 Å². The fourth-order valence-electron chi connectivity index (χ4n) is 7.24. The van der Waals surface area contributed by atoms with Crippen LogP contribution >= 0.6 is 0 Å². The van der Waals surface area contributed by atoms with Gasteiger partial charge in [0.15, 0.2) is 0 Å². The Morgan fingerprint density at radius 2 is 1.12 bits per heavy atom. The summed E-state index contributed by atoms with van der Waals surface area (Å²) in [5.41, 5.74) is 1.58. The predicted molar refractivity (Wildman–Crippen MR) is 251 cm³/mol. The number of carboxylic acids is 6. The van der Waals surface area contributed by atoms with Gasteiger partial charge in [0, 0.05) is 68.8 Å². The van der Waals surface area contributed by atoms with E-state index in [0.717, 1.165) is 0 Å². The number of alkyl halides is 1. The highest BCUT2D eigenvalue weighted by molar-refractivity contribution is 6.01. The average molecular weight is 1040 g/mol. The number of benzene rings is 2. The van der Waals surface area contributed by atoms with Gasteiger partial charge in [0.25, 0.3) is 11.8 Å². The maximum atomic E-state index is 14.0. The Kier molecular flexibility index (Phi) is 22.0. The Bertz CT molecular complexity index is 2540. The van der Waals surface area contributed by atoms with E-state index in [-0.39, 0.29) is 88.1 Å². The first-order valence-corrected chi connectivity index (χ1v) is 23.0. The molecule has 400 valence electrons. The number of carbonyl (C=O) groups excluding carboxylic acids is 5. The molecular weight excluding hydrogens is 986 g/mol. The Labute approximate surface area is 419 Å². The summed E-state index contributed by atoms with van der Waals surface area (Å²) in [6.07, 6.45) is 0.0288. The van der Waals surface area contributed by atoms with Crippen LogP contribution in [0.15, 0.2) is 48.7 Å². The molecule has 0 spiro atoms. The van der Waals surface area contributed by atoms with Gasteiger partial charge < -0.3 is 72.3 Å². The Hall–Kier alpha value is -8.92. The molecule has 4 atom stereocenters. The van der Waals surface area contributed by atoms with E-state index < -0.39 is 122 Å². The van der Waals surface area contributed by atoms with E-state index in [2.05, 4.69) is 36.9 Å². The van der Waals surface area contributed by atoms with E-state index in [9.17, 15) is 77.6 Å². The molecule has 3 aromatic rings. The number of unbranched alkanes of at least 4 members (excludes halogenated alkanes) is 1. The molecule has 29 heteroatoms. The number of piperazine rings is 1. The molecule has 0 saturated carbocycles. The lowest BCUT2D eigenvalue weighted by atomic mass is 10.1. The minimum absolute atomic E-state index is 0.0204. The highest BCUT2D eigenvalue weighted by atomic mass is 19.1. The highest BCUT2D eigenvalue weighted by Crippen LogP contribution is 2.19. The van der Waals surface area contributed by atoms with Gasteiger partial charge in [-0.05, 0) is 80.8 Å². The quantitative estimate of drug-likeness (QED) is 0.0446. The van der Waals surface area contributed by atoms with Crippen LogP contribution in [0.3, 0.4) is 0 Å². The molecule has 4 rings (SSSR count). The van der Waals surface area contributed by atoms with Crippen LogP contribution in [0.4, 0.5) is 24.5 Å². The fourth-order valence-corrected chi connectivity index (χ4v) is 7.24. The molecule has 0 aliphatic carbocycles. The number of aromatic nitrogens is 3. The SMILES string of the molecule is O=C(O)CCC(NC(=O)N[C@@H](Cc1ccc(NC(=O)N2CCN(C(=O)c3cc(C(=O)NCCCCC(NC(=O)N[C@@H](CCC(=O)O)C(=O)O)C(=O)O)cc(-n4cc(CCCF)nn4)c3)CC2)cc1)C(=O)O)C(=O)O. The van der Waals surface area contributed by atoms with Crippen molar-refractivity contribution in [3.05, 3.63) is 71.0 Å². The number of carbonyl (C=O) groups is 11. The summed E-state index contributed by atoms with van der Waals surface area (Å²) in [5, 5.41) is 77.5. The zero-order valence-electron chi connectivity index (χ0n) is 39.5. The normalized spacial score (nSPS) is 13.7. The maximum absolute atomic E-state index is 14.0. The fraction of sp³-hybridized carbons (Fsp3) is 0.444. The lowest BCUT2D eigenvalue weighted by Crippen LogP contribution is -2.51. The lowest BCUT2D eigenvalue weighted by molar-refractivity contribution is -0.142. The molecule has 1 aliphatic heterocycles. The van der Waals surface area contributed by atoms with Crippen LogP contribution in [0.5, 0.6) is 0 Å². The molecule has 1 aliphatic rings. The number of hydrogen-bond donors (Lipinski definition) is 12. The van der Waals surface area contributed by atoms with Crippen molar-refractivity contribution in [1.29, 1.82) is 0 Å². The van der Waals surface area contributed by atoms with Crippen molar-refractivity contribution >= 4 is 71.4 Å². The third-order valence-corrected chi connectivity index (χ3v) is 11.2. The van der Waals surface area contributed by atoms with Crippen molar-refractivity contribution in [1.82, 2.24) is 51.4 Å². The highest BCUT2D eigenvalue weighted by Gasteiger charge is 2.29. The maximum Gasteiger partial charge on any atom is 0.326 e. The minimum Gasteiger partial charge on any atom is -0.481 e. The lowest BCUT2D eigenvalue weighted by Gasteiger charge is -2.34. The third kappa shape index (κ3) is 18.7. The smallest absolute Gasteiger partial charge is 0.326 e. The zero-order valence-corrected chi connectivity index (χ0v) is 39.5. The number of aliphatic carboxylic acids is 6. The van der Waals surface area contributed by atoms with Crippen LogP contribution in [0.25, 0.3) is 5.69 Å².